The smallest absolute Gasteiger partial charge is 0.338 e. The van der Waals surface area contributed by atoms with Crippen molar-refractivity contribution in [3.05, 3.63) is 246 Å². The van der Waals surface area contributed by atoms with Crippen LogP contribution in [0.1, 0.15) is 119 Å². The van der Waals surface area contributed by atoms with Gasteiger partial charge in [0.1, 0.15) is 40.4 Å². The van der Waals surface area contributed by atoms with Crippen LogP contribution in [0.25, 0.3) is 56.1 Å². The third-order valence-electron chi connectivity index (χ3n) is 16.9. The predicted octanol–water partition coefficient (Wildman–Crippen LogP) is 7.97. The number of benzene rings is 4. The number of carbonyl (C=O) groups excluding carboxylic acids is 2. The van der Waals surface area contributed by atoms with Crippen molar-refractivity contribution in [1.29, 1.82) is 0 Å². The minimum Gasteiger partial charge on any atom is -0.478 e. The fraction of sp³-hybridized carbons (Fsp3) is 0.217. The molecular weight excluding hydrogens is 1620 g/mol. The molecule has 3 aliphatic rings. The molecule has 11 N–H and O–H groups in total. The number of H-pyrrole nitrogens is 5. The number of rotatable bonds is 11. The van der Waals surface area contributed by atoms with Crippen LogP contribution in [0.15, 0.2) is 162 Å². The number of hydrogen-bond donors (Lipinski definition) is 10. The molecule has 13 heterocycles. The van der Waals surface area contributed by atoms with E-state index in [0.29, 0.717) is 81.2 Å². The first-order chi connectivity index (χ1) is 55.4. The third-order valence-corrected chi connectivity index (χ3v) is 28.8. The van der Waals surface area contributed by atoms with Gasteiger partial charge in [0.25, 0.3) is 17.0 Å². The van der Waals surface area contributed by atoms with E-state index in [0.717, 1.165) is 94.9 Å². The standard InChI is InChI=1S/C25H21FN8O2.C16H11FN2O3.2C9H12N6.C5H8N4.C5H4OS.S8.2H2/c1-14-11-33(12-22-30-31-23(34(14)22)21-10-27-13-28-21)25(36)18-8-15(6-7-19(18)26)9-20-16-4-2-3-5-17(16)24(35)32-29-20;17-13-6-5-9(7-12(13)16(21)22)8-14-10-3-1-2-4-11(10)15(20)19-18-14;2*1-6-2-10-4-8-13-14-9(15(6)8)7-3-11-5-12-7;1-4-2-7-3-5(8-4)9-6;6-4-5-2-1-3-7-5;1-3-5-7-8-6-4-2;;/h2-8,10,13-14H,9,11-12H2,1H3,(H,27,28)(H,32,35);1-7H,8H2,(H,19,20)(H,21,22);2*3,5-6,10H,2,4H2,1H3,(H,11,12);2-3H,6H2,1H3,(H,8,9);1-4H;;2*1H/i;;;;;;;1+1D;. The first-order valence-corrected chi connectivity index (χ1v) is 43.9. The molecule has 0 aliphatic carbocycles. The van der Waals surface area contributed by atoms with Crippen LogP contribution < -0.4 is 33.0 Å². The topological polar surface area (TPSA) is 432 Å². The Labute approximate surface area is 670 Å². The van der Waals surface area contributed by atoms with Crippen molar-refractivity contribution in [2.24, 2.45) is 5.84 Å². The molecule has 3 atom stereocenters. The van der Waals surface area contributed by atoms with Gasteiger partial charge in [-0.1, -0.05) is 54.6 Å². The molecule has 1 amide bonds. The Balaban J connectivity index is 0.000000165. The van der Waals surface area contributed by atoms with Gasteiger partial charge in [-0.25, -0.2) is 49.6 Å². The van der Waals surface area contributed by atoms with Crippen molar-refractivity contribution in [2.75, 3.05) is 25.1 Å². The number of hydrazine groups is 1. The Morgan fingerprint density at radius 2 is 1.11 bits per heavy atom. The number of fused-ring (bicyclic) bond motifs is 5. The van der Waals surface area contributed by atoms with E-state index in [1.54, 1.807) is 145 Å². The van der Waals surface area contributed by atoms with Gasteiger partial charge in [-0.15, -0.1) is 41.9 Å². The summed E-state index contributed by atoms with van der Waals surface area (Å²) in [6.45, 7) is 12.2. The van der Waals surface area contributed by atoms with Crippen molar-refractivity contribution >= 4 is 133 Å². The number of carboxylic acids is 1. The molecule has 43 heteroatoms. The molecule has 0 saturated carbocycles. The van der Waals surface area contributed by atoms with E-state index in [1.165, 1.54) is 47.3 Å². The summed E-state index contributed by atoms with van der Waals surface area (Å²) < 4.78 is 44.6. The molecular formula is C69H72F2N26O6S9. The molecule has 0 fully saturated rings. The maximum Gasteiger partial charge on any atom is 0.338 e. The van der Waals surface area contributed by atoms with Gasteiger partial charge in [-0.05, 0) is 86.7 Å². The summed E-state index contributed by atoms with van der Waals surface area (Å²) in [4.78, 5) is 89.5. The fourth-order valence-corrected chi connectivity index (χ4v) is 23.5. The number of thiophene rings is 1. The molecule has 10 aromatic heterocycles. The summed E-state index contributed by atoms with van der Waals surface area (Å²) in [6.07, 6.45) is 14.8. The predicted molar refractivity (Wildman–Crippen MR) is 443 cm³/mol. The summed E-state index contributed by atoms with van der Waals surface area (Å²) in [5, 5.41) is 58.3. The Morgan fingerprint density at radius 3 is 1.53 bits per heavy atom. The van der Waals surface area contributed by atoms with Crippen LogP contribution in [-0.2, 0) is 108 Å². The van der Waals surface area contributed by atoms with Crippen molar-refractivity contribution in [1.82, 2.24) is 120 Å². The number of aromatic carboxylic acids is 1. The number of imidazole rings is 3. The minimum absolute atomic E-state index is 0. The number of nitrogens with zero attached hydrogens (tertiary/aromatic N) is 17. The largest absolute Gasteiger partial charge is 0.478 e. The highest BCUT2D eigenvalue weighted by molar-refractivity contribution is 8.70. The number of aromatic amines is 5. The van der Waals surface area contributed by atoms with Crippen LogP contribution in [0.4, 0.5) is 14.6 Å². The van der Waals surface area contributed by atoms with Gasteiger partial charge < -0.3 is 54.7 Å². The molecule has 582 valence electrons. The molecule has 112 heavy (non-hydrogen) atoms. The third kappa shape index (κ3) is 20.9. The van der Waals surface area contributed by atoms with E-state index in [9.17, 15) is 32.8 Å². The normalized spacial score (nSPS) is 14.2. The van der Waals surface area contributed by atoms with Crippen molar-refractivity contribution in [3.63, 3.8) is 0 Å². The first-order valence-electron chi connectivity index (χ1n) is 34.7. The summed E-state index contributed by atoms with van der Waals surface area (Å²) in [7, 11) is 9.12. The van der Waals surface area contributed by atoms with Gasteiger partial charge in [-0.3, -0.25) is 24.2 Å². The lowest BCUT2D eigenvalue weighted by molar-refractivity contribution is 0.0673. The molecule has 0 bridgehead atoms. The number of nitrogens with two attached hydrogens (primary N) is 1. The molecule has 14 aromatic rings. The number of amides is 1. The van der Waals surface area contributed by atoms with Crippen LogP contribution in [0.2, 0.25) is 0 Å². The maximum absolute atomic E-state index is 14.8. The van der Waals surface area contributed by atoms with Gasteiger partial charge >= 0.3 is 5.97 Å². The Bertz CT molecular complexity index is 5890. The van der Waals surface area contributed by atoms with Crippen LogP contribution >= 0.6 is 11.3 Å². The number of hydrogen-bond acceptors (Lipinski definition) is 25. The number of aryl methyl sites for hydroxylation is 1. The van der Waals surface area contributed by atoms with Gasteiger partial charge in [-0.2, -0.15) is 10.2 Å². The number of nitrogen functional groups attached to an aromatic ring is 1. The highest BCUT2D eigenvalue weighted by atomic mass is 33.4. The molecule has 17 rings (SSSR count). The zero-order valence-electron chi connectivity index (χ0n) is 61.5. The van der Waals surface area contributed by atoms with E-state index in [-0.39, 0.29) is 42.7 Å². The molecule has 3 aliphatic heterocycles. The number of anilines is 1. The lowest BCUT2D eigenvalue weighted by atomic mass is 10.0. The quantitative estimate of drug-likeness (QED) is 0.0333. The van der Waals surface area contributed by atoms with Crippen LogP contribution in [-0.4, -0.2) is 152 Å². The average Bonchev–Trinajstić information content (AvgIpc) is 1.70. The van der Waals surface area contributed by atoms with E-state index in [4.69, 9.17) is 13.9 Å². The molecule has 32 nitrogen and oxygen atoms in total. The molecule has 4 aromatic carbocycles. The van der Waals surface area contributed by atoms with Gasteiger partial charge in [0, 0.05) is 142 Å². The van der Waals surface area contributed by atoms with Crippen molar-refractivity contribution < 1.29 is 32.7 Å². The van der Waals surface area contributed by atoms with E-state index < -0.39 is 23.5 Å². The van der Waals surface area contributed by atoms with Crippen molar-refractivity contribution in [3.8, 4) is 34.6 Å². The summed E-state index contributed by atoms with van der Waals surface area (Å²) >= 11 is 10.7. The Kier molecular flexibility index (Phi) is 28.9. The van der Waals surface area contributed by atoms with Crippen molar-refractivity contribution in [2.45, 2.75) is 78.3 Å². The lowest BCUT2D eigenvalue weighted by Gasteiger charge is -2.32. The number of carboxylic acid groups (broad SMARTS) is 1. The second-order valence-electron chi connectivity index (χ2n) is 24.4. The summed E-state index contributed by atoms with van der Waals surface area (Å²) in [6, 6.07) is 26.8. The molecule has 3 unspecified atom stereocenters. The monoisotopic (exact) mass is 1690 g/mol. The van der Waals surface area contributed by atoms with Gasteiger partial charge in [0.15, 0.2) is 35.4 Å². The first kappa shape index (κ1) is 80.4. The lowest BCUT2D eigenvalue weighted by Crippen LogP contribution is -2.40. The second-order valence-corrected chi connectivity index (χ2v) is 36.0. The summed E-state index contributed by atoms with van der Waals surface area (Å²) in [5.41, 5.74) is 7.41. The van der Waals surface area contributed by atoms with E-state index >= 15 is 0 Å². The van der Waals surface area contributed by atoms with Gasteiger partial charge in [0.2, 0.25) is 0 Å². The number of carbonyl (C=O) groups is 3. The van der Waals surface area contributed by atoms with Gasteiger partial charge in [0.05, 0.1) is 113 Å². The number of halogens is 2. The number of aromatic nitrogens is 21. The molecule has 0 saturated heterocycles. The number of nitrogens with one attached hydrogen (secondary N) is 8. The fourth-order valence-electron chi connectivity index (χ4n) is 12.0. The Morgan fingerprint density at radius 1 is 0.634 bits per heavy atom. The highest BCUT2D eigenvalue weighted by Crippen LogP contribution is 2.30. The maximum atomic E-state index is 14.8. The van der Waals surface area contributed by atoms with Crippen LogP contribution in [0, 0.1) is 18.6 Å². The minimum atomic E-state index is -1.32. The second kappa shape index (κ2) is 40.2. The zero-order valence-corrected chi connectivity index (χ0v) is 66.8. The number of aldehydes is 1. The summed E-state index contributed by atoms with van der Waals surface area (Å²) in [5.74, 6) is 7.52. The molecule has 0 radical (unpaired) electrons. The SMILES string of the molecule is CC1CN(C(=O)c2cc(Cc3n[nH]c(=O)c4ccccc34)ccc2F)Cc2nnc(-c3cnc[nH]3)n21.CC1CNCc2nnc(-c3cnc[nH]3)n21.CC1CNCc2nnc(-c3cnc[nH]3)n21.Cc1cncc(NN)n1.O=C(O)c1cc(Cc2n[nH]c(=O)c3ccccc23)ccc1F.O=Cc1cccs1.S=S=S=S=S=S=S=S.[2H][2H].[HH]. The highest BCUT2D eigenvalue weighted by Gasteiger charge is 2.32. The molecule has 0 spiro atoms. The van der Waals surface area contributed by atoms with E-state index in [2.05, 4.69) is 152 Å². The van der Waals surface area contributed by atoms with E-state index in [1.807, 2.05) is 42.0 Å². The van der Waals surface area contributed by atoms with Crippen LogP contribution in [0.3, 0.4) is 0 Å². The zero-order chi connectivity index (χ0) is 81.0. The average molecular weight is 1690 g/mol. The van der Waals surface area contributed by atoms with Crippen LogP contribution in [0.5, 0.6) is 0 Å². The Hall–Kier alpha value is -11.1.